The number of rotatable bonds is 5. The van der Waals surface area contributed by atoms with Crippen LogP contribution in [-0.2, 0) is 9.59 Å². The molecule has 1 heterocycles. The molecular formula is C15H26N2O2. The van der Waals surface area contributed by atoms with Crippen molar-refractivity contribution in [1.29, 1.82) is 0 Å². The molecule has 1 atom stereocenters. The minimum absolute atomic E-state index is 0.0213. The molecule has 4 nitrogen and oxygen atoms in total. The second-order valence-corrected chi connectivity index (χ2v) is 5.81. The van der Waals surface area contributed by atoms with Crippen molar-refractivity contribution in [2.75, 3.05) is 6.54 Å². The van der Waals surface area contributed by atoms with Crippen molar-refractivity contribution in [3.63, 3.8) is 0 Å². The Morgan fingerprint density at radius 3 is 2.47 bits per heavy atom. The van der Waals surface area contributed by atoms with Crippen LogP contribution in [0.4, 0.5) is 0 Å². The Morgan fingerprint density at radius 1 is 1.16 bits per heavy atom. The number of imide groups is 1. The minimum Gasteiger partial charge on any atom is -0.305 e. The van der Waals surface area contributed by atoms with Gasteiger partial charge in [-0.2, -0.15) is 0 Å². The Labute approximate surface area is 115 Å². The number of unbranched alkanes of at least 4 members (excludes halogenated alkanes) is 1. The van der Waals surface area contributed by atoms with E-state index in [9.17, 15) is 9.59 Å². The summed E-state index contributed by atoms with van der Waals surface area (Å²) in [4.78, 5) is 26.0. The van der Waals surface area contributed by atoms with Gasteiger partial charge >= 0.3 is 0 Å². The topological polar surface area (TPSA) is 49.4 Å². The maximum atomic E-state index is 12.4. The van der Waals surface area contributed by atoms with E-state index >= 15 is 0 Å². The van der Waals surface area contributed by atoms with E-state index in [0.29, 0.717) is 6.42 Å². The van der Waals surface area contributed by atoms with Gasteiger partial charge in [0.2, 0.25) is 11.8 Å². The summed E-state index contributed by atoms with van der Waals surface area (Å²) < 4.78 is 0. The molecule has 2 amide bonds. The van der Waals surface area contributed by atoms with Crippen molar-refractivity contribution < 1.29 is 9.59 Å². The molecule has 0 aromatic rings. The number of carbonyl (C=O) groups is 2. The first-order valence-corrected chi connectivity index (χ1v) is 7.83. The fraction of sp³-hybridized carbons (Fsp3) is 0.867. The fourth-order valence-corrected chi connectivity index (χ4v) is 3.16. The van der Waals surface area contributed by atoms with Gasteiger partial charge in [-0.15, -0.1) is 0 Å². The van der Waals surface area contributed by atoms with E-state index in [1.54, 1.807) is 4.90 Å². The van der Waals surface area contributed by atoms with E-state index < -0.39 is 0 Å². The van der Waals surface area contributed by atoms with Crippen LogP contribution < -0.4 is 5.32 Å². The number of nitrogens with one attached hydrogen (secondary N) is 1. The zero-order valence-corrected chi connectivity index (χ0v) is 12.0. The highest BCUT2D eigenvalue weighted by molar-refractivity contribution is 6.05. The summed E-state index contributed by atoms with van der Waals surface area (Å²) in [5, 5.41) is 3.24. The van der Waals surface area contributed by atoms with Crippen molar-refractivity contribution in [1.82, 2.24) is 10.2 Å². The Morgan fingerprint density at radius 2 is 1.84 bits per heavy atom. The van der Waals surface area contributed by atoms with Crippen LogP contribution in [0.2, 0.25) is 0 Å². The van der Waals surface area contributed by atoms with Crippen LogP contribution in [0.1, 0.15) is 64.7 Å². The zero-order valence-electron chi connectivity index (χ0n) is 12.0. The number of likely N-dealkylation sites (tertiary alicyclic amines) is 1. The van der Waals surface area contributed by atoms with Gasteiger partial charge in [0.1, 0.15) is 0 Å². The monoisotopic (exact) mass is 266 g/mol. The van der Waals surface area contributed by atoms with E-state index in [1.165, 1.54) is 12.8 Å². The van der Waals surface area contributed by atoms with Gasteiger partial charge in [0, 0.05) is 6.04 Å². The number of amides is 2. The number of carbonyl (C=O) groups excluding carboxylic acids is 2. The van der Waals surface area contributed by atoms with Crippen molar-refractivity contribution in [2.45, 2.75) is 76.8 Å². The molecule has 1 N–H and O–H groups in total. The quantitative estimate of drug-likeness (QED) is 0.471. The fourth-order valence-electron chi connectivity index (χ4n) is 3.16. The summed E-state index contributed by atoms with van der Waals surface area (Å²) in [5.41, 5.74) is 0. The summed E-state index contributed by atoms with van der Waals surface area (Å²) in [7, 11) is 0. The molecular weight excluding hydrogens is 240 g/mol. The molecule has 0 aromatic heterocycles. The third-order valence-electron chi connectivity index (χ3n) is 4.29. The first kappa shape index (κ1) is 14.5. The second kappa shape index (κ2) is 7.04. The summed E-state index contributed by atoms with van der Waals surface area (Å²) in [6.45, 7) is 2.96. The SMILES string of the molecule is CCCCNC1CC(=O)N(C2CCCCCC2)C1=O. The van der Waals surface area contributed by atoms with Crippen LogP contribution in [0.15, 0.2) is 0 Å². The molecule has 1 aliphatic carbocycles. The number of hydrogen-bond acceptors (Lipinski definition) is 3. The predicted octanol–water partition coefficient (Wildman–Crippen LogP) is 2.23. The third kappa shape index (κ3) is 3.56. The van der Waals surface area contributed by atoms with Crippen LogP contribution in [0.25, 0.3) is 0 Å². The van der Waals surface area contributed by atoms with E-state index in [0.717, 1.165) is 45.1 Å². The maximum Gasteiger partial charge on any atom is 0.247 e. The van der Waals surface area contributed by atoms with Crippen molar-refractivity contribution in [3.8, 4) is 0 Å². The molecule has 1 aliphatic heterocycles. The largest absolute Gasteiger partial charge is 0.305 e. The Bertz CT molecular complexity index is 322. The van der Waals surface area contributed by atoms with Gasteiger partial charge in [-0.25, -0.2) is 0 Å². The van der Waals surface area contributed by atoms with Gasteiger partial charge in [-0.05, 0) is 25.8 Å². The first-order chi connectivity index (χ1) is 9.24. The molecule has 108 valence electrons. The van der Waals surface area contributed by atoms with Gasteiger partial charge in [0.15, 0.2) is 0 Å². The molecule has 1 unspecified atom stereocenters. The number of hydrogen-bond donors (Lipinski definition) is 1. The highest BCUT2D eigenvalue weighted by Gasteiger charge is 2.41. The lowest BCUT2D eigenvalue weighted by molar-refractivity contribution is -0.141. The smallest absolute Gasteiger partial charge is 0.247 e. The van der Waals surface area contributed by atoms with Crippen molar-refractivity contribution in [3.05, 3.63) is 0 Å². The van der Waals surface area contributed by atoms with E-state index in [1.807, 2.05) is 0 Å². The molecule has 4 heteroatoms. The first-order valence-electron chi connectivity index (χ1n) is 7.83. The van der Waals surface area contributed by atoms with Gasteiger partial charge < -0.3 is 5.32 Å². The third-order valence-corrected chi connectivity index (χ3v) is 4.29. The van der Waals surface area contributed by atoms with E-state index in [-0.39, 0.29) is 23.9 Å². The molecule has 0 aromatic carbocycles. The van der Waals surface area contributed by atoms with Gasteiger partial charge in [-0.1, -0.05) is 39.0 Å². The van der Waals surface area contributed by atoms with Crippen LogP contribution in [0.5, 0.6) is 0 Å². The molecule has 0 bridgehead atoms. The maximum absolute atomic E-state index is 12.4. The van der Waals surface area contributed by atoms with Crippen LogP contribution in [0.3, 0.4) is 0 Å². The Hall–Kier alpha value is -0.900. The molecule has 1 saturated heterocycles. The molecule has 0 spiro atoms. The molecule has 2 aliphatic rings. The lowest BCUT2D eigenvalue weighted by atomic mass is 10.1. The Kier molecular flexibility index (Phi) is 5.37. The van der Waals surface area contributed by atoms with Gasteiger partial charge in [0.05, 0.1) is 12.5 Å². The van der Waals surface area contributed by atoms with E-state index in [4.69, 9.17) is 0 Å². The lowest BCUT2D eigenvalue weighted by Gasteiger charge is -2.25. The standard InChI is InChI=1S/C15H26N2O2/c1-2-3-10-16-13-11-14(18)17(15(13)19)12-8-6-4-5-7-9-12/h12-13,16H,2-11H2,1H3. The normalized spacial score (nSPS) is 25.9. The van der Waals surface area contributed by atoms with Gasteiger partial charge in [-0.3, -0.25) is 14.5 Å². The van der Waals surface area contributed by atoms with Gasteiger partial charge in [0.25, 0.3) is 0 Å². The molecule has 19 heavy (non-hydrogen) atoms. The van der Waals surface area contributed by atoms with E-state index in [2.05, 4.69) is 12.2 Å². The minimum atomic E-state index is -0.262. The molecule has 2 fully saturated rings. The summed E-state index contributed by atoms with van der Waals surface area (Å²) in [6, 6.07) is -0.0946. The van der Waals surface area contributed by atoms with Crippen molar-refractivity contribution >= 4 is 11.8 Å². The van der Waals surface area contributed by atoms with Crippen LogP contribution >= 0.6 is 0 Å². The van der Waals surface area contributed by atoms with Crippen LogP contribution in [0, 0.1) is 0 Å². The molecule has 0 radical (unpaired) electrons. The van der Waals surface area contributed by atoms with Crippen molar-refractivity contribution in [2.24, 2.45) is 0 Å². The number of nitrogens with zero attached hydrogens (tertiary/aromatic N) is 1. The molecule has 1 saturated carbocycles. The summed E-state index contributed by atoms with van der Waals surface area (Å²) >= 11 is 0. The average molecular weight is 266 g/mol. The summed E-state index contributed by atoms with van der Waals surface area (Å²) in [6.07, 6.45) is 9.30. The summed E-state index contributed by atoms with van der Waals surface area (Å²) in [5.74, 6) is 0.0545. The highest BCUT2D eigenvalue weighted by Crippen LogP contribution is 2.26. The molecule has 2 rings (SSSR count). The second-order valence-electron chi connectivity index (χ2n) is 5.81. The lowest BCUT2D eigenvalue weighted by Crippen LogP contribution is -2.44. The zero-order chi connectivity index (χ0) is 13.7. The Balaban J connectivity index is 1.93. The van der Waals surface area contributed by atoms with Crippen LogP contribution in [-0.4, -0.2) is 35.3 Å². The average Bonchev–Trinajstić information content (AvgIpc) is 2.61. The predicted molar refractivity (Wildman–Crippen MR) is 74.7 cm³/mol. The highest BCUT2D eigenvalue weighted by atomic mass is 16.2.